The third-order valence-electron chi connectivity index (χ3n) is 2.23. The van der Waals surface area contributed by atoms with Crippen LogP contribution in [0.1, 0.15) is 11.6 Å². The summed E-state index contributed by atoms with van der Waals surface area (Å²) >= 11 is 5.93. The summed E-state index contributed by atoms with van der Waals surface area (Å²) in [6.45, 7) is 2.47. The number of rotatable bonds is 3. The van der Waals surface area contributed by atoms with E-state index < -0.39 is 0 Å². The van der Waals surface area contributed by atoms with Crippen LogP contribution >= 0.6 is 11.6 Å². The van der Waals surface area contributed by atoms with Gasteiger partial charge in [-0.15, -0.1) is 0 Å². The second-order valence-electron chi connectivity index (χ2n) is 3.51. The fourth-order valence-electron chi connectivity index (χ4n) is 1.53. The van der Waals surface area contributed by atoms with Gasteiger partial charge in [-0.05, 0) is 31.7 Å². The zero-order chi connectivity index (χ0) is 11.5. The van der Waals surface area contributed by atoms with Crippen LogP contribution in [-0.4, -0.2) is 21.3 Å². The first kappa shape index (κ1) is 11.1. The monoisotopic (exact) mass is 236 g/mol. The molecule has 84 valence electrons. The average molecular weight is 237 g/mol. The van der Waals surface area contributed by atoms with Gasteiger partial charge in [-0.1, -0.05) is 17.7 Å². The van der Waals surface area contributed by atoms with Gasteiger partial charge in [-0.3, -0.25) is 0 Å². The number of halogens is 1. The summed E-state index contributed by atoms with van der Waals surface area (Å²) < 4.78 is 1.77. The smallest absolute Gasteiger partial charge is 0.152 e. The van der Waals surface area contributed by atoms with Crippen molar-refractivity contribution in [3.05, 3.63) is 40.9 Å². The van der Waals surface area contributed by atoms with Gasteiger partial charge in [-0.25, -0.2) is 9.67 Å². The van der Waals surface area contributed by atoms with E-state index in [-0.39, 0.29) is 0 Å². The number of hydrogen-bond donors (Lipinski definition) is 1. The van der Waals surface area contributed by atoms with E-state index in [2.05, 4.69) is 10.1 Å². The molecule has 2 N–H and O–H groups in total. The van der Waals surface area contributed by atoms with Gasteiger partial charge in [0.25, 0.3) is 0 Å². The molecule has 0 atom stereocenters. The molecule has 0 spiro atoms. The van der Waals surface area contributed by atoms with Crippen LogP contribution in [0.25, 0.3) is 5.69 Å². The van der Waals surface area contributed by atoms with Crippen LogP contribution in [0.3, 0.4) is 0 Å². The van der Waals surface area contributed by atoms with E-state index in [9.17, 15) is 0 Å². The molecule has 0 radical (unpaired) electrons. The lowest BCUT2D eigenvalue weighted by Crippen LogP contribution is -2.05. The second-order valence-corrected chi connectivity index (χ2v) is 3.94. The highest BCUT2D eigenvalue weighted by molar-refractivity contribution is 6.30. The quantitative estimate of drug-likeness (QED) is 0.883. The van der Waals surface area contributed by atoms with Crippen molar-refractivity contribution in [1.82, 2.24) is 14.8 Å². The molecule has 0 unspecified atom stereocenters. The molecule has 0 amide bonds. The number of aryl methyl sites for hydroxylation is 1. The first-order valence-corrected chi connectivity index (χ1v) is 5.47. The van der Waals surface area contributed by atoms with Crippen LogP contribution in [0, 0.1) is 6.92 Å². The highest BCUT2D eigenvalue weighted by Gasteiger charge is 2.07. The fourth-order valence-corrected chi connectivity index (χ4v) is 1.72. The highest BCUT2D eigenvalue weighted by atomic mass is 35.5. The number of hydrogen-bond acceptors (Lipinski definition) is 3. The van der Waals surface area contributed by atoms with E-state index >= 15 is 0 Å². The zero-order valence-electron chi connectivity index (χ0n) is 9.02. The van der Waals surface area contributed by atoms with Crippen molar-refractivity contribution >= 4 is 11.6 Å². The number of aromatic nitrogens is 3. The zero-order valence-corrected chi connectivity index (χ0v) is 9.78. The summed E-state index contributed by atoms with van der Waals surface area (Å²) in [6.07, 6.45) is 0.689. The Hall–Kier alpha value is -1.39. The summed E-state index contributed by atoms with van der Waals surface area (Å²) in [5, 5.41) is 5.07. The molecule has 1 aromatic heterocycles. The largest absolute Gasteiger partial charge is 0.330 e. The van der Waals surface area contributed by atoms with Gasteiger partial charge < -0.3 is 5.73 Å². The molecule has 2 rings (SSSR count). The molecule has 16 heavy (non-hydrogen) atoms. The lowest BCUT2D eigenvalue weighted by atomic mass is 10.3. The Labute approximate surface area is 99.1 Å². The molecule has 0 saturated carbocycles. The van der Waals surface area contributed by atoms with E-state index in [0.717, 1.165) is 17.3 Å². The third-order valence-corrected chi connectivity index (χ3v) is 2.47. The first-order valence-electron chi connectivity index (χ1n) is 5.09. The Balaban J connectivity index is 2.40. The second kappa shape index (κ2) is 4.63. The number of benzene rings is 1. The molecule has 0 aliphatic carbocycles. The summed E-state index contributed by atoms with van der Waals surface area (Å²) in [4.78, 5) is 4.34. The van der Waals surface area contributed by atoms with Gasteiger partial charge in [-0.2, -0.15) is 5.10 Å². The van der Waals surface area contributed by atoms with Crippen molar-refractivity contribution in [2.45, 2.75) is 13.3 Å². The minimum Gasteiger partial charge on any atom is -0.330 e. The van der Waals surface area contributed by atoms with Gasteiger partial charge in [0.15, 0.2) is 5.82 Å². The van der Waals surface area contributed by atoms with Crippen LogP contribution in [0.2, 0.25) is 5.02 Å². The minimum atomic E-state index is 0.555. The molecule has 0 aliphatic rings. The summed E-state index contributed by atoms with van der Waals surface area (Å²) in [5.41, 5.74) is 6.39. The van der Waals surface area contributed by atoms with E-state index in [1.54, 1.807) is 4.68 Å². The molecular weight excluding hydrogens is 224 g/mol. The number of nitrogens with two attached hydrogens (primary N) is 1. The average Bonchev–Trinajstić information content (AvgIpc) is 2.60. The molecule has 1 aromatic carbocycles. The van der Waals surface area contributed by atoms with Crippen LogP contribution < -0.4 is 5.73 Å². The Morgan fingerprint density at radius 2 is 2.25 bits per heavy atom. The van der Waals surface area contributed by atoms with E-state index in [1.807, 2.05) is 31.2 Å². The first-order chi connectivity index (χ1) is 7.70. The Bertz CT molecular complexity index is 492. The molecule has 4 nitrogen and oxygen atoms in total. The molecule has 1 heterocycles. The van der Waals surface area contributed by atoms with E-state index in [0.29, 0.717) is 18.0 Å². The number of nitrogens with zero attached hydrogens (tertiary/aromatic N) is 3. The van der Waals surface area contributed by atoms with Crippen LogP contribution in [-0.2, 0) is 6.42 Å². The summed E-state index contributed by atoms with van der Waals surface area (Å²) in [5.74, 6) is 1.60. The molecule has 0 saturated heterocycles. The molecule has 0 fully saturated rings. The van der Waals surface area contributed by atoms with Gasteiger partial charge in [0.2, 0.25) is 0 Å². The molecule has 5 heteroatoms. The SMILES string of the molecule is Cc1nc(CCN)nn1-c1cccc(Cl)c1. The van der Waals surface area contributed by atoms with Crippen molar-refractivity contribution < 1.29 is 0 Å². The topological polar surface area (TPSA) is 56.7 Å². The van der Waals surface area contributed by atoms with Crippen molar-refractivity contribution in [1.29, 1.82) is 0 Å². The molecular formula is C11H13ClN4. The van der Waals surface area contributed by atoms with E-state index in [1.165, 1.54) is 0 Å². The van der Waals surface area contributed by atoms with Crippen molar-refractivity contribution in [2.24, 2.45) is 5.73 Å². The maximum Gasteiger partial charge on any atom is 0.152 e. The lowest BCUT2D eigenvalue weighted by Gasteiger charge is -2.02. The summed E-state index contributed by atoms with van der Waals surface area (Å²) in [6, 6.07) is 7.52. The van der Waals surface area contributed by atoms with Gasteiger partial charge in [0.05, 0.1) is 5.69 Å². The Morgan fingerprint density at radius 1 is 1.44 bits per heavy atom. The highest BCUT2D eigenvalue weighted by Crippen LogP contribution is 2.15. The van der Waals surface area contributed by atoms with Crippen molar-refractivity contribution in [2.75, 3.05) is 6.54 Å². The Kier molecular flexibility index (Phi) is 3.22. The Morgan fingerprint density at radius 3 is 2.94 bits per heavy atom. The van der Waals surface area contributed by atoms with Gasteiger partial charge >= 0.3 is 0 Å². The van der Waals surface area contributed by atoms with Crippen LogP contribution in [0.4, 0.5) is 0 Å². The third kappa shape index (κ3) is 2.23. The van der Waals surface area contributed by atoms with Gasteiger partial charge in [0, 0.05) is 11.4 Å². The summed E-state index contributed by atoms with van der Waals surface area (Å²) in [7, 11) is 0. The fraction of sp³-hybridized carbons (Fsp3) is 0.273. The normalized spacial score (nSPS) is 10.7. The van der Waals surface area contributed by atoms with Crippen molar-refractivity contribution in [3.63, 3.8) is 0 Å². The standard InChI is InChI=1S/C11H13ClN4/c1-8-14-11(5-6-13)15-16(8)10-4-2-3-9(12)7-10/h2-4,7H,5-6,13H2,1H3. The minimum absolute atomic E-state index is 0.555. The maximum absolute atomic E-state index is 5.93. The van der Waals surface area contributed by atoms with E-state index in [4.69, 9.17) is 17.3 Å². The van der Waals surface area contributed by atoms with Crippen molar-refractivity contribution in [3.8, 4) is 5.69 Å². The van der Waals surface area contributed by atoms with Gasteiger partial charge in [0.1, 0.15) is 5.82 Å². The maximum atomic E-state index is 5.93. The molecule has 2 aromatic rings. The van der Waals surface area contributed by atoms with Crippen LogP contribution in [0.5, 0.6) is 0 Å². The van der Waals surface area contributed by atoms with Crippen LogP contribution in [0.15, 0.2) is 24.3 Å². The lowest BCUT2D eigenvalue weighted by molar-refractivity contribution is 0.804. The predicted octanol–water partition coefficient (Wildman–Crippen LogP) is 1.73. The molecule has 0 bridgehead atoms. The predicted molar refractivity (Wildman–Crippen MR) is 63.9 cm³/mol. The molecule has 0 aliphatic heterocycles.